The molecule has 2 N–H and O–H groups in total. The molecule has 5 nitrogen and oxygen atoms in total. The maximum atomic E-state index is 13.3. The number of fused-ring (bicyclic) bond motifs is 1. The van der Waals surface area contributed by atoms with E-state index in [1.54, 1.807) is 43.5 Å². The molecule has 0 saturated carbocycles. The Kier molecular flexibility index (Phi) is 4.60. The summed E-state index contributed by atoms with van der Waals surface area (Å²) < 4.78 is 18.5. The van der Waals surface area contributed by atoms with Crippen molar-refractivity contribution in [3.63, 3.8) is 0 Å². The quantitative estimate of drug-likeness (QED) is 0.667. The van der Waals surface area contributed by atoms with E-state index in [0.717, 1.165) is 21.8 Å². The summed E-state index contributed by atoms with van der Waals surface area (Å²) in [4.78, 5) is 25.2. The number of aromatic carboxylic acids is 1. The van der Waals surface area contributed by atoms with Crippen molar-refractivity contribution in [3.8, 4) is 16.9 Å². The van der Waals surface area contributed by atoms with Gasteiger partial charge < -0.3 is 15.2 Å². The zero-order chi connectivity index (χ0) is 19.8. The summed E-state index contributed by atoms with van der Waals surface area (Å²) in [5.41, 5.74) is 2.45. The summed E-state index contributed by atoms with van der Waals surface area (Å²) in [6.07, 6.45) is 0.181. The minimum atomic E-state index is -1.06. The monoisotopic (exact) mass is 397 g/mol. The van der Waals surface area contributed by atoms with Crippen LogP contribution in [0.3, 0.4) is 0 Å². The zero-order valence-corrected chi connectivity index (χ0v) is 15.7. The van der Waals surface area contributed by atoms with Crippen molar-refractivity contribution in [2.75, 3.05) is 12.4 Å². The first-order chi connectivity index (χ1) is 13.5. The molecule has 0 spiro atoms. The summed E-state index contributed by atoms with van der Waals surface area (Å²) in [6.45, 7) is 0. The molecule has 1 atom stereocenters. The van der Waals surface area contributed by atoms with E-state index in [-0.39, 0.29) is 28.9 Å². The highest BCUT2D eigenvalue weighted by Gasteiger charge is 2.34. The first-order valence-electron chi connectivity index (χ1n) is 8.57. The molecule has 1 aromatic heterocycles. The predicted octanol–water partition coefficient (Wildman–Crippen LogP) is 4.74. The normalized spacial score (nSPS) is 15.6. The van der Waals surface area contributed by atoms with Crippen molar-refractivity contribution in [2.45, 2.75) is 12.3 Å². The number of nitrogens with one attached hydrogen (secondary N) is 1. The molecule has 1 amide bonds. The van der Waals surface area contributed by atoms with E-state index in [1.807, 2.05) is 0 Å². The standard InChI is InChI=1S/C21H16FNO4S/c1-27-14-8-4-12(5-9-14)17-18-19(28-20(17)21(25)26)15(10-16(24)23-18)11-2-6-13(22)7-3-11/h2-9,15H,10H2,1H3,(H,23,24)(H,25,26)/t15-/m1/s1. The fourth-order valence-corrected chi connectivity index (χ4v) is 4.68. The Morgan fingerprint density at radius 1 is 1.18 bits per heavy atom. The average molecular weight is 397 g/mol. The number of halogens is 1. The molecule has 0 fully saturated rings. The summed E-state index contributed by atoms with van der Waals surface area (Å²) >= 11 is 1.14. The van der Waals surface area contributed by atoms with Gasteiger partial charge in [-0.05, 0) is 35.4 Å². The van der Waals surface area contributed by atoms with Crippen molar-refractivity contribution in [1.29, 1.82) is 0 Å². The Morgan fingerprint density at radius 2 is 1.86 bits per heavy atom. The molecule has 7 heteroatoms. The Bertz CT molecular complexity index is 1060. The van der Waals surface area contributed by atoms with E-state index >= 15 is 0 Å². The van der Waals surface area contributed by atoms with Gasteiger partial charge in [-0.15, -0.1) is 11.3 Å². The number of carbonyl (C=O) groups excluding carboxylic acids is 1. The van der Waals surface area contributed by atoms with Gasteiger partial charge in [-0.25, -0.2) is 9.18 Å². The van der Waals surface area contributed by atoms with Gasteiger partial charge in [0.25, 0.3) is 0 Å². The number of methoxy groups -OCH3 is 1. The van der Waals surface area contributed by atoms with Crippen LogP contribution in [0, 0.1) is 5.82 Å². The molecule has 0 radical (unpaired) electrons. The maximum absolute atomic E-state index is 13.3. The smallest absolute Gasteiger partial charge is 0.346 e. The summed E-state index contributed by atoms with van der Waals surface area (Å²) in [6, 6.07) is 13.0. The topological polar surface area (TPSA) is 75.6 Å². The highest BCUT2D eigenvalue weighted by atomic mass is 32.1. The second kappa shape index (κ2) is 7.09. The van der Waals surface area contributed by atoms with Crippen LogP contribution < -0.4 is 10.1 Å². The van der Waals surface area contributed by atoms with E-state index < -0.39 is 5.97 Å². The van der Waals surface area contributed by atoms with Crippen molar-refractivity contribution >= 4 is 28.9 Å². The van der Waals surface area contributed by atoms with Crippen molar-refractivity contribution < 1.29 is 23.8 Å². The Hall–Kier alpha value is -3.19. The molecule has 1 aliphatic rings. The molecule has 2 heterocycles. The number of hydrogen-bond acceptors (Lipinski definition) is 4. The van der Waals surface area contributed by atoms with Gasteiger partial charge in [0.05, 0.1) is 12.8 Å². The summed E-state index contributed by atoms with van der Waals surface area (Å²) in [5.74, 6) is -1.29. The van der Waals surface area contributed by atoms with Crippen LogP contribution in [0.2, 0.25) is 0 Å². The summed E-state index contributed by atoms with van der Waals surface area (Å²) in [5, 5.41) is 12.6. The van der Waals surface area contributed by atoms with Gasteiger partial charge in [0.1, 0.15) is 16.4 Å². The van der Waals surface area contributed by atoms with E-state index in [4.69, 9.17) is 4.74 Å². The fourth-order valence-electron chi connectivity index (χ4n) is 3.43. The summed E-state index contributed by atoms with van der Waals surface area (Å²) in [7, 11) is 1.55. The largest absolute Gasteiger partial charge is 0.497 e. The van der Waals surface area contributed by atoms with Crippen molar-refractivity contribution in [2.24, 2.45) is 0 Å². The lowest BCUT2D eigenvalue weighted by Crippen LogP contribution is -2.22. The predicted molar refractivity (Wildman–Crippen MR) is 105 cm³/mol. The first-order valence-corrected chi connectivity index (χ1v) is 9.39. The molecule has 3 aromatic rings. The highest BCUT2D eigenvalue weighted by Crippen LogP contribution is 2.49. The number of ether oxygens (including phenoxy) is 1. The van der Waals surface area contributed by atoms with Crippen LogP contribution in [0.5, 0.6) is 5.75 Å². The Morgan fingerprint density at radius 3 is 2.46 bits per heavy atom. The van der Waals surface area contributed by atoms with Crippen LogP contribution in [0.1, 0.15) is 32.5 Å². The van der Waals surface area contributed by atoms with Crippen molar-refractivity contribution in [3.05, 3.63) is 69.7 Å². The van der Waals surface area contributed by atoms with Crippen LogP contribution in [-0.4, -0.2) is 24.1 Å². The van der Waals surface area contributed by atoms with Crippen LogP contribution in [-0.2, 0) is 4.79 Å². The molecular formula is C21H16FNO4S. The third-order valence-electron chi connectivity index (χ3n) is 4.75. The second-order valence-electron chi connectivity index (χ2n) is 6.44. The van der Waals surface area contributed by atoms with E-state index in [0.29, 0.717) is 22.6 Å². The van der Waals surface area contributed by atoms with Gasteiger partial charge in [-0.3, -0.25) is 4.79 Å². The van der Waals surface area contributed by atoms with Gasteiger partial charge in [-0.1, -0.05) is 24.3 Å². The molecule has 0 bridgehead atoms. The third kappa shape index (κ3) is 3.14. The molecule has 0 unspecified atom stereocenters. The molecule has 2 aromatic carbocycles. The van der Waals surface area contributed by atoms with Crippen LogP contribution in [0.25, 0.3) is 11.1 Å². The van der Waals surface area contributed by atoms with Crippen molar-refractivity contribution in [1.82, 2.24) is 0 Å². The number of carboxylic acids is 1. The van der Waals surface area contributed by atoms with Gasteiger partial charge in [0.15, 0.2) is 0 Å². The fraction of sp³-hybridized carbons (Fsp3) is 0.143. The minimum Gasteiger partial charge on any atom is -0.497 e. The first kappa shape index (κ1) is 18.2. The molecule has 0 saturated heterocycles. The zero-order valence-electron chi connectivity index (χ0n) is 14.9. The van der Waals surface area contributed by atoms with E-state index in [1.165, 1.54) is 12.1 Å². The van der Waals surface area contributed by atoms with Crippen LogP contribution in [0.15, 0.2) is 48.5 Å². The molecule has 0 aliphatic carbocycles. The molecular weight excluding hydrogens is 381 g/mol. The third-order valence-corrected chi connectivity index (χ3v) is 6.04. The molecule has 142 valence electrons. The Labute approximate surface area is 164 Å². The number of carboxylic acid groups (broad SMARTS) is 1. The number of rotatable bonds is 4. The number of benzene rings is 2. The molecule has 1 aliphatic heterocycles. The van der Waals surface area contributed by atoms with Gasteiger partial charge >= 0.3 is 5.97 Å². The number of amides is 1. The minimum absolute atomic E-state index is 0.157. The molecule has 4 rings (SSSR count). The lowest BCUT2D eigenvalue weighted by Gasteiger charge is -2.24. The van der Waals surface area contributed by atoms with Gasteiger partial charge in [0, 0.05) is 22.8 Å². The van der Waals surface area contributed by atoms with Crippen LogP contribution >= 0.6 is 11.3 Å². The van der Waals surface area contributed by atoms with E-state index in [2.05, 4.69) is 5.32 Å². The number of anilines is 1. The van der Waals surface area contributed by atoms with E-state index in [9.17, 15) is 19.1 Å². The lowest BCUT2D eigenvalue weighted by atomic mass is 9.88. The highest BCUT2D eigenvalue weighted by molar-refractivity contribution is 7.15. The lowest BCUT2D eigenvalue weighted by molar-refractivity contribution is -0.116. The number of hydrogen-bond donors (Lipinski definition) is 2. The van der Waals surface area contributed by atoms with Gasteiger partial charge in [0.2, 0.25) is 5.91 Å². The number of carbonyl (C=O) groups is 2. The average Bonchev–Trinajstić information content (AvgIpc) is 3.07. The SMILES string of the molecule is COc1ccc(-c2c(C(=O)O)sc3c2NC(=O)C[C@@H]3c2ccc(F)cc2)cc1. The molecule has 28 heavy (non-hydrogen) atoms. The number of thiophene rings is 1. The van der Waals surface area contributed by atoms with Crippen LogP contribution in [0.4, 0.5) is 10.1 Å². The van der Waals surface area contributed by atoms with Gasteiger partial charge in [-0.2, -0.15) is 0 Å². The maximum Gasteiger partial charge on any atom is 0.346 e. The Balaban J connectivity index is 1.89. The second-order valence-corrected chi connectivity index (χ2v) is 7.49.